The zero-order valence-corrected chi connectivity index (χ0v) is 11.0. The Kier molecular flexibility index (Phi) is 5.17. The highest BCUT2D eigenvalue weighted by molar-refractivity contribution is 14.1. The van der Waals surface area contributed by atoms with Crippen LogP contribution in [-0.2, 0) is 0 Å². The number of rotatable bonds is 5. The second kappa shape index (κ2) is 6.17. The molecule has 0 saturated carbocycles. The van der Waals surface area contributed by atoms with Crippen molar-refractivity contribution in [1.82, 2.24) is 0 Å². The summed E-state index contributed by atoms with van der Waals surface area (Å²) >= 11 is 2.23. The molecule has 84 valence electrons. The van der Waals surface area contributed by atoms with E-state index in [0.29, 0.717) is 0 Å². The molecule has 0 aliphatic rings. The number of hydrogen-bond acceptors (Lipinski definition) is 3. The third kappa shape index (κ3) is 3.87. The predicted molar refractivity (Wildman–Crippen MR) is 73.0 cm³/mol. The first kappa shape index (κ1) is 12.6. The molecule has 0 spiro atoms. The lowest BCUT2D eigenvalue weighted by molar-refractivity contribution is 0.278. The normalized spacial score (nSPS) is 12.5. The first-order valence-corrected chi connectivity index (χ1v) is 6.17. The highest BCUT2D eigenvalue weighted by atomic mass is 127. The monoisotopic (exact) mass is 320 g/mol. The van der Waals surface area contributed by atoms with Gasteiger partial charge in [0.25, 0.3) is 0 Å². The summed E-state index contributed by atoms with van der Waals surface area (Å²) in [4.78, 5) is 0. The van der Waals surface area contributed by atoms with Crippen LogP contribution in [0.2, 0.25) is 0 Å². The molecule has 0 saturated heterocycles. The number of nitrogens with two attached hydrogens (primary N) is 1. The van der Waals surface area contributed by atoms with E-state index in [4.69, 9.17) is 10.8 Å². The molecule has 4 heteroatoms. The zero-order valence-electron chi connectivity index (χ0n) is 8.83. The molecular weight excluding hydrogens is 303 g/mol. The van der Waals surface area contributed by atoms with Crippen LogP contribution in [-0.4, -0.2) is 17.8 Å². The molecule has 1 aromatic carbocycles. The molecule has 15 heavy (non-hydrogen) atoms. The van der Waals surface area contributed by atoms with Gasteiger partial charge < -0.3 is 16.2 Å². The molecule has 3 nitrogen and oxygen atoms in total. The Balaban J connectivity index is 2.70. The van der Waals surface area contributed by atoms with Crippen molar-refractivity contribution in [2.45, 2.75) is 25.8 Å². The molecule has 1 atom stereocenters. The van der Waals surface area contributed by atoms with Crippen LogP contribution in [0.5, 0.6) is 0 Å². The smallest absolute Gasteiger partial charge is 0.0576 e. The average Bonchev–Trinajstić information content (AvgIpc) is 2.21. The van der Waals surface area contributed by atoms with Crippen LogP contribution in [0.15, 0.2) is 18.2 Å². The van der Waals surface area contributed by atoms with Crippen molar-refractivity contribution >= 4 is 34.0 Å². The molecule has 0 heterocycles. The fraction of sp³-hybridized carbons (Fsp3) is 0.455. The van der Waals surface area contributed by atoms with E-state index in [9.17, 15) is 0 Å². The molecular formula is C11H17IN2O. The highest BCUT2D eigenvalue weighted by Gasteiger charge is 2.07. The Morgan fingerprint density at radius 2 is 2.27 bits per heavy atom. The van der Waals surface area contributed by atoms with E-state index in [-0.39, 0.29) is 12.6 Å². The average molecular weight is 320 g/mol. The van der Waals surface area contributed by atoms with Crippen molar-refractivity contribution in [1.29, 1.82) is 0 Å². The second-order valence-electron chi connectivity index (χ2n) is 3.49. The Labute approximate surface area is 104 Å². The van der Waals surface area contributed by atoms with Gasteiger partial charge >= 0.3 is 0 Å². The van der Waals surface area contributed by atoms with Crippen LogP contribution in [0.25, 0.3) is 0 Å². The van der Waals surface area contributed by atoms with Gasteiger partial charge in [-0.3, -0.25) is 0 Å². The SMILES string of the molecule is CCC(CCO)Nc1ccc(I)cc1N. The number of anilines is 2. The molecule has 4 N–H and O–H groups in total. The summed E-state index contributed by atoms with van der Waals surface area (Å²) in [5.74, 6) is 0. The largest absolute Gasteiger partial charge is 0.397 e. The summed E-state index contributed by atoms with van der Waals surface area (Å²) in [6.45, 7) is 2.30. The highest BCUT2D eigenvalue weighted by Crippen LogP contribution is 2.22. The Bertz CT molecular complexity index is 317. The van der Waals surface area contributed by atoms with Gasteiger partial charge in [0.2, 0.25) is 0 Å². The first-order valence-electron chi connectivity index (χ1n) is 5.09. The summed E-state index contributed by atoms with van der Waals surface area (Å²) < 4.78 is 1.13. The minimum atomic E-state index is 0.204. The number of nitrogen functional groups attached to an aromatic ring is 1. The fourth-order valence-corrected chi connectivity index (χ4v) is 1.93. The van der Waals surface area contributed by atoms with Gasteiger partial charge in [-0.15, -0.1) is 0 Å². The standard InChI is InChI=1S/C11H17IN2O/c1-2-9(5-6-15)14-11-4-3-8(12)7-10(11)13/h3-4,7,9,14-15H,2,5-6,13H2,1H3. The molecule has 0 aliphatic heterocycles. The number of aliphatic hydroxyl groups excluding tert-OH is 1. The van der Waals surface area contributed by atoms with Gasteiger partial charge in [-0.25, -0.2) is 0 Å². The van der Waals surface area contributed by atoms with E-state index < -0.39 is 0 Å². The Morgan fingerprint density at radius 3 is 2.80 bits per heavy atom. The van der Waals surface area contributed by atoms with E-state index >= 15 is 0 Å². The van der Waals surface area contributed by atoms with Crippen LogP contribution in [0, 0.1) is 3.57 Å². The van der Waals surface area contributed by atoms with Crippen LogP contribution >= 0.6 is 22.6 Å². The minimum Gasteiger partial charge on any atom is -0.397 e. The van der Waals surface area contributed by atoms with Gasteiger partial charge in [0.05, 0.1) is 11.4 Å². The summed E-state index contributed by atoms with van der Waals surface area (Å²) in [6, 6.07) is 6.23. The summed E-state index contributed by atoms with van der Waals surface area (Å²) in [5.41, 5.74) is 7.61. The zero-order chi connectivity index (χ0) is 11.3. The van der Waals surface area contributed by atoms with Crippen molar-refractivity contribution in [2.75, 3.05) is 17.7 Å². The topological polar surface area (TPSA) is 58.3 Å². The third-order valence-corrected chi connectivity index (χ3v) is 3.01. The minimum absolute atomic E-state index is 0.204. The summed E-state index contributed by atoms with van der Waals surface area (Å²) in [7, 11) is 0. The lowest BCUT2D eigenvalue weighted by Gasteiger charge is -2.18. The van der Waals surface area contributed by atoms with Crippen LogP contribution in [0.3, 0.4) is 0 Å². The molecule has 0 amide bonds. The first-order chi connectivity index (χ1) is 7.17. The predicted octanol–water partition coefficient (Wildman–Crippen LogP) is 2.45. The summed E-state index contributed by atoms with van der Waals surface area (Å²) in [5, 5.41) is 12.2. The molecule has 1 aromatic rings. The van der Waals surface area contributed by atoms with Crippen molar-refractivity contribution < 1.29 is 5.11 Å². The van der Waals surface area contributed by atoms with Gasteiger partial charge in [0, 0.05) is 16.2 Å². The molecule has 0 aliphatic carbocycles. The fourth-order valence-electron chi connectivity index (χ4n) is 1.42. The van der Waals surface area contributed by atoms with Gasteiger partial charge in [0.1, 0.15) is 0 Å². The molecule has 0 aromatic heterocycles. The van der Waals surface area contributed by atoms with Gasteiger partial charge in [-0.1, -0.05) is 6.92 Å². The van der Waals surface area contributed by atoms with E-state index in [0.717, 1.165) is 27.8 Å². The van der Waals surface area contributed by atoms with Crippen molar-refractivity contribution in [3.05, 3.63) is 21.8 Å². The van der Waals surface area contributed by atoms with Crippen LogP contribution in [0.1, 0.15) is 19.8 Å². The molecule has 0 fully saturated rings. The quantitative estimate of drug-likeness (QED) is 0.577. The maximum atomic E-state index is 8.89. The Hall–Kier alpha value is -0.490. The second-order valence-corrected chi connectivity index (χ2v) is 4.74. The van der Waals surface area contributed by atoms with E-state index in [1.807, 2.05) is 18.2 Å². The van der Waals surface area contributed by atoms with E-state index in [2.05, 4.69) is 34.8 Å². The van der Waals surface area contributed by atoms with Crippen molar-refractivity contribution in [3.8, 4) is 0 Å². The van der Waals surface area contributed by atoms with Gasteiger partial charge in [0.15, 0.2) is 0 Å². The molecule has 0 bridgehead atoms. The van der Waals surface area contributed by atoms with E-state index in [1.54, 1.807) is 0 Å². The molecule has 1 rings (SSSR count). The number of halogens is 1. The van der Waals surface area contributed by atoms with Crippen molar-refractivity contribution in [3.63, 3.8) is 0 Å². The lowest BCUT2D eigenvalue weighted by atomic mass is 10.1. The number of nitrogens with one attached hydrogen (secondary N) is 1. The van der Waals surface area contributed by atoms with Crippen LogP contribution < -0.4 is 11.1 Å². The number of benzene rings is 1. The maximum Gasteiger partial charge on any atom is 0.0576 e. The Morgan fingerprint density at radius 1 is 1.53 bits per heavy atom. The molecule has 1 unspecified atom stereocenters. The molecule has 0 radical (unpaired) electrons. The van der Waals surface area contributed by atoms with Crippen molar-refractivity contribution in [2.24, 2.45) is 0 Å². The van der Waals surface area contributed by atoms with Crippen LogP contribution in [0.4, 0.5) is 11.4 Å². The summed E-state index contributed by atoms with van der Waals surface area (Å²) in [6.07, 6.45) is 1.73. The lowest BCUT2D eigenvalue weighted by Crippen LogP contribution is -2.20. The van der Waals surface area contributed by atoms with Gasteiger partial charge in [-0.05, 0) is 53.6 Å². The van der Waals surface area contributed by atoms with Gasteiger partial charge in [-0.2, -0.15) is 0 Å². The third-order valence-electron chi connectivity index (χ3n) is 2.34. The maximum absolute atomic E-state index is 8.89. The van der Waals surface area contributed by atoms with E-state index in [1.165, 1.54) is 0 Å². The number of hydrogen-bond donors (Lipinski definition) is 3. The number of aliphatic hydroxyl groups is 1.